The summed E-state index contributed by atoms with van der Waals surface area (Å²) in [6, 6.07) is 15.9. The van der Waals surface area contributed by atoms with Crippen molar-refractivity contribution >= 4 is 40.3 Å². The first kappa shape index (κ1) is 14.8. The highest BCUT2D eigenvalue weighted by Crippen LogP contribution is 2.19. The van der Waals surface area contributed by atoms with Crippen LogP contribution in [0.25, 0.3) is 0 Å². The fraction of sp³-hybridized carbons (Fsp3) is 0.188. The quantitative estimate of drug-likeness (QED) is 0.825. The number of benzene rings is 2. The van der Waals surface area contributed by atoms with E-state index in [0.717, 1.165) is 17.8 Å². The van der Waals surface area contributed by atoms with Gasteiger partial charge in [-0.25, -0.2) is 0 Å². The second kappa shape index (κ2) is 6.73. The van der Waals surface area contributed by atoms with E-state index in [4.69, 9.17) is 23.8 Å². The highest BCUT2D eigenvalue weighted by molar-refractivity contribution is 7.80. The van der Waals surface area contributed by atoms with Crippen LogP contribution in [0.3, 0.4) is 0 Å². The maximum atomic E-state index is 6.00. The van der Waals surface area contributed by atoms with Crippen molar-refractivity contribution in [2.45, 2.75) is 13.3 Å². The van der Waals surface area contributed by atoms with Crippen molar-refractivity contribution in [2.24, 2.45) is 0 Å². The minimum Gasteiger partial charge on any atom is -0.332 e. The summed E-state index contributed by atoms with van der Waals surface area (Å²) in [6.07, 6.45) is 1.01. The van der Waals surface area contributed by atoms with Gasteiger partial charge in [-0.2, -0.15) is 0 Å². The number of thiocarbonyl (C=S) groups is 1. The second-order valence-electron chi connectivity index (χ2n) is 4.52. The smallest absolute Gasteiger partial charge is 0.177 e. The monoisotopic (exact) mass is 304 g/mol. The maximum absolute atomic E-state index is 6.00. The van der Waals surface area contributed by atoms with Gasteiger partial charge in [0, 0.05) is 23.4 Å². The Bertz CT molecular complexity index is 613. The molecule has 0 bridgehead atoms. The summed E-state index contributed by atoms with van der Waals surface area (Å²) in [5.41, 5.74) is 3.24. The first-order valence-corrected chi connectivity index (χ1v) is 7.28. The average molecular weight is 305 g/mol. The third-order valence-electron chi connectivity index (χ3n) is 3.09. The number of nitrogens with one attached hydrogen (secondary N) is 1. The fourth-order valence-electron chi connectivity index (χ4n) is 1.88. The maximum Gasteiger partial charge on any atom is 0.177 e. The summed E-state index contributed by atoms with van der Waals surface area (Å²) in [5, 5.41) is 4.59. The van der Waals surface area contributed by atoms with Crippen LogP contribution in [0, 0.1) is 0 Å². The molecule has 1 N–H and O–H groups in total. The van der Waals surface area contributed by atoms with Crippen LogP contribution in [0.4, 0.5) is 11.4 Å². The largest absolute Gasteiger partial charge is 0.332 e. The Balaban J connectivity index is 2.11. The van der Waals surface area contributed by atoms with Crippen LogP contribution in [0.1, 0.15) is 12.5 Å². The Hall–Kier alpha value is -1.58. The molecule has 0 atom stereocenters. The molecule has 104 valence electrons. The molecule has 4 heteroatoms. The molecule has 0 saturated heterocycles. The molecule has 0 aromatic heterocycles. The molecular weight excluding hydrogens is 288 g/mol. The van der Waals surface area contributed by atoms with Crippen LogP contribution >= 0.6 is 23.8 Å². The Labute approximate surface area is 130 Å². The van der Waals surface area contributed by atoms with Crippen molar-refractivity contribution in [1.29, 1.82) is 0 Å². The number of aryl methyl sites for hydroxylation is 1. The van der Waals surface area contributed by atoms with Gasteiger partial charge in [-0.15, -0.1) is 0 Å². The van der Waals surface area contributed by atoms with Gasteiger partial charge in [0.2, 0.25) is 0 Å². The molecule has 0 fully saturated rings. The van der Waals surface area contributed by atoms with E-state index in [-0.39, 0.29) is 0 Å². The Morgan fingerprint density at radius 2 is 1.95 bits per heavy atom. The molecule has 0 heterocycles. The summed E-state index contributed by atoms with van der Waals surface area (Å²) in [7, 11) is 1.92. The first-order chi connectivity index (χ1) is 9.60. The predicted octanol–water partition coefficient (Wildman–Crippen LogP) is 4.74. The molecular formula is C16H17ClN2S. The third-order valence-corrected chi connectivity index (χ3v) is 3.70. The zero-order valence-electron chi connectivity index (χ0n) is 11.6. The lowest BCUT2D eigenvalue weighted by Gasteiger charge is -2.21. The van der Waals surface area contributed by atoms with Gasteiger partial charge in [-0.05, 0) is 54.5 Å². The lowest BCUT2D eigenvalue weighted by molar-refractivity contribution is 1.14. The Kier molecular flexibility index (Phi) is 4.99. The number of hydrogen-bond acceptors (Lipinski definition) is 1. The summed E-state index contributed by atoms with van der Waals surface area (Å²) < 4.78 is 0. The van der Waals surface area contributed by atoms with E-state index in [1.54, 1.807) is 0 Å². The van der Waals surface area contributed by atoms with Gasteiger partial charge < -0.3 is 10.2 Å². The van der Waals surface area contributed by atoms with Crippen molar-refractivity contribution in [3.8, 4) is 0 Å². The van der Waals surface area contributed by atoms with Gasteiger partial charge in [0.05, 0.1) is 0 Å². The molecule has 20 heavy (non-hydrogen) atoms. The highest BCUT2D eigenvalue weighted by Gasteiger charge is 2.07. The van der Waals surface area contributed by atoms with Crippen molar-refractivity contribution in [3.63, 3.8) is 0 Å². The lowest BCUT2D eigenvalue weighted by Crippen LogP contribution is -2.30. The topological polar surface area (TPSA) is 15.3 Å². The average Bonchev–Trinajstić information content (AvgIpc) is 2.46. The van der Waals surface area contributed by atoms with E-state index in [9.17, 15) is 0 Å². The van der Waals surface area contributed by atoms with Crippen molar-refractivity contribution in [2.75, 3.05) is 17.3 Å². The van der Waals surface area contributed by atoms with Crippen LogP contribution in [0.2, 0.25) is 5.02 Å². The van der Waals surface area contributed by atoms with E-state index >= 15 is 0 Å². The minimum atomic E-state index is 0.639. The van der Waals surface area contributed by atoms with Crippen LogP contribution < -0.4 is 10.2 Å². The van der Waals surface area contributed by atoms with Crippen LogP contribution in [-0.4, -0.2) is 12.2 Å². The first-order valence-electron chi connectivity index (χ1n) is 6.49. The molecule has 2 nitrogen and oxygen atoms in total. The molecule has 0 aliphatic carbocycles. The molecule has 2 aromatic carbocycles. The molecule has 0 spiro atoms. The fourth-order valence-corrected chi connectivity index (χ4v) is 2.29. The standard InChI is InChI=1S/C16H17ClN2S/c1-3-12-6-4-8-14(10-12)18-16(20)19(2)15-9-5-7-13(17)11-15/h4-11H,3H2,1-2H3,(H,18,20). The number of nitrogens with zero attached hydrogens (tertiary/aromatic N) is 1. The van der Waals surface area contributed by atoms with E-state index in [0.29, 0.717) is 10.1 Å². The van der Waals surface area contributed by atoms with Gasteiger partial charge in [0.25, 0.3) is 0 Å². The van der Waals surface area contributed by atoms with Gasteiger partial charge in [0.15, 0.2) is 5.11 Å². The minimum absolute atomic E-state index is 0.639. The summed E-state index contributed by atoms with van der Waals surface area (Å²) in [6.45, 7) is 2.13. The lowest BCUT2D eigenvalue weighted by atomic mass is 10.1. The number of halogens is 1. The van der Waals surface area contributed by atoms with E-state index in [1.807, 2.05) is 48.3 Å². The SMILES string of the molecule is CCc1cccc(NC(=S)N(C)c2cccc(Cl)c2)c1. The number of hydrogen-bond donors (Lipinski definition) is 1. The predicted molar refractivity (Wildman–Crippen MR) is 91.9 cm³/mol. The molecule has 0 aliphatic heterocycles. The molecule has 2 rings (SSSR count). The van der Waals surface area contributed by atoms with Gasteiger partial charge in [-0.1, -0.05) is 36.7 Å². The van der Waals surface area contributed by atoms with Gasteiger partial charge >= 0.3 is 0 Å². The second-order valence-corrected chi connectivity index (χ2v) is 5.35. The zero-order valence-corrected chi connectivity index (χ0v) is 13.1. The normalized spacial score (nSPS) is 10.2. The summed E-state index contributed by atoms with van der Waals surface area (Å²) >= 11 is 11.4. The zero-order chi connectivity index (χ0) is 14.5. The Morgan fingerprint density at radius 3 is 2.65 bits per heavy atom. The van der Waals surface area contributed by atoms with Crippen LogP contribution in [0.5, 0.6) is 0 Å². The highest BCUT2D eigenvalue weighted by atomic mass is 35.5. The molecule has 0 aliphatic rings. The van der Waals surface area contributed by atoms with Gasteiger partial charge in [0.1, 0.15) is 0 Å². The molecule has 2 aromatic rings. The Morgan fingerprint density at radius 1 is 1.20 bits per heavy atom. The molecule has 0 radical (unpaired) electrons. The van der Waals surface area contributed by atoms with E-state index < -0.39 is 0 Å². The van der Waals surface area contributed by atoms with E-state index in [2.05, 4.69) is 24.4 Å². The number of rotatable bonds is 3. The van der Waals surface area contributed by atoms with Crippen molar-refractivity contribution in [1.82, 2.24) is 0 Å². The number of anilines is 2. The molecule has 0 amide bonds. The van der Waals surface area contributed by atoms with Crippen LogP contribution in [0.15, 0.2) is 48.5 Å². The van der Waals surface area contributed by atoms with Gasteiger partial charge in [-0.3, -0.25) is 0 Å². The van der Waals surface area contributed by atoms with Crippen molar-refractivity contribution < 1.29 is 0 Å². The molecule has 0 unspecified atom stereocenters. The van der Waals surface area contributed by atoms with Crippen molar-refractivity contribution in [3.05, 3.63) is 59.1 Å². The van der Waals surface area contributed by atoms with Crippen LogP contribution in [-0.2, 0) is 6.42 Å². The van der Waals surface area contributed by atoms with E-state index in [1.165, 1.54) is 5.56 Å². The third kappa shape index (κ3) is 3.71. The molecule has 0 saturated carbocycles. The summed E-state index contributed by atoms with van der Waals surface area (Å²) in [5.74, 6) is 0. The summed E-state index contributed by atoms with van der Waals surface area (Å²) in [4.78, 5) is 1.90.